The fraction of sp³-hybridized carbons (Fsp3) is 0.421. The third kappa shape index (κ3) is 4.97. The number of rotatable bonds is 4. The summed E-state index contributed by atoms with van der Waals surface area (Å²) >= 11 is 5.84. The van der Waals surface area contributed by atoms with E-state index in [4.69, 9.17) is 28.8 Å². The lowest BCUT2D eigenvalue weighted by Crippen LogP contribution is -3.00. The first-order valence-corrected chi connectivity index (χ1v) is 10.2. The van der Waals surface area contributed by atoms with Gasteiger partial charge >= 0.3 is 0 Å². The number of hydrogen-bond donors (Lipinski definition) is 4. The zero-order chi connectivity index (χ0) is 21.3. The number of carbonyl (C=O) groups is 1. The molecule has 7 N–H and O–H groups in total. The first-order valence-electron chi connectivity index (χ1n) is 9.82. The Morgan fingerprint density at radius 1 is 1.26 bits per heavy atom. The van der Waals surface area contributed by atoms with Crippen molar-refractivity contribution in [3.8, 4) is 0 Å². The summed E-state index contributed by atoms with van der Waals surface area (Å²) in [4.78, 5) is 29.0. The lowest BCUT2D eigenvalue weighted by molar-refractivity contribution is -0.955. The molecule has 3 aliphatic heterocycles. The molecular formula is C19H25Cl2N9O. The second-order valence-electron chi connectivity index (χ2n) is 8.00. The fourth-order valence-corrected chi connectivity index (χ4v) is 4.62. The summed E-state index contributed by atoms with van der Waals surface area (Å²) in [5.41, 5.74) is 18.4. The van der Waals surface area contributed by atoms with E-state index in [2.05, 4.69) is 31.3 Å². The highest BCUT2D eigenvalue weighted by molar-refractivity contribution is 6.31. The number of amides is 1. The number of quaternary nitrogens is 1. The predicted octanol–water partition coefficient (Wildman–Crippen LogP) is -2.45. The highest BCUT2D eigenvalue weighted by Gasteiger charge is 2.46. The monoisotopic (exact) mass is 465 g/mol. The number of aliphatic imine (C=N–C) groups is 1. The van der Waals surface area contributed by atoms with Gasteiger partial charge in [0.15, 0.2) is 28.4 Å². The van der Waals surface area contributed by atoms with E-state index < -0.39 is 5.91 Å². The van der Waals surface area contributed by atoms with Gasteiger partial charge in [-0.15, -0.1) is 0 Å². The Hall–Kier alpha value is -2.69. The molecule has 1 amide bonds. The molecule has 166 valence electrons. The minimum absolute atomic E-state index is 0. The van der Waals surface area contributed by atoms with Gasteiger partial charge in [0, 0.05) is 30.8 Å². The van der Waals surface area contributed by atoms with Crippen LogP contribution in [0.1, 0.15) is 28.9 Å². The minimum Gasteiger partial charge on any atom is -1.00 e. The highest BCUT2D eigenvalue weighted by atomic mass is 35.5. The molecule has 2 aromatic heterocycles. The van der Waals surface area contributed by atoms with Gasteiger partial charge in [-0.25, -0.2) is 15.0 Å². The Bertz CT molecular complexity index is 978. The molecule has 12 heteroatoms. The zero-order valence-electron chi connectivity index (χ0n) is 16.8. The van der Waals surface area contributed by atoms with Crippen LogP contribution in [0.25, 0.3) is 0 Å². The molecule has 0 saturated carbocycles. The van der Waals surface area contributed by atoms with E-state index in [0.29, 0.717) is 5.92 Å². The first kappa shape index (κ1) is 23.0. The molecule has 1 atom stereocenters. The van der Waals surface area contributed by atoms with Gasteiger partial charge in [-0.05, 0) is 12.0 Å². The highest BCUT2D eigenvalue weighted by Crippen LogP contribution is 2.37. The number of pyridine rings is 1. The molecule has 2 aromatic rings. The minimum atomic E-state index is -0.622. The number of halogens is 2. The van der Waals surface area contributed by atoms with E-state index in [1.165, 1.54) is 5.56 Å². The van der Waals surface area contributed by atoms with Crippen molar-refractivity contribution in [1.82, 2.24) is 20.3 Å². The van der Waals surface area contributed by atoms with Gasteiger partial charge in [0.2, 0.25) is 0 Å². The van der Waals surface area contributed by atoms with Crippen molar-refractivity contribution >= 4 is 35.1 Å². The van der Waals surface area contributed by atoms with Crippen LogP contribution in [0.2, 0.25) is 5.15 Å². The molecule has 5 heterocycles. The molecule has 2 bridgehead atoms. The number of anilines is 2. The number of guanidine groups is 1. The van der Waals surface area contributed by atoms with Crippen LogP contribution in [0.3, 0.4) is 0 Å². The van der Waals surface area contributed by atoms with Gasteiger partial charge < -0.3 is 34.1 Å². The van der Waals surface area contributed by atoms with Gasteiger partial charge in [0.1, 0.15) is 19.1 Å². The van der Waals surface area contributed by atoms with Crippen molar-refractivity contribution < 1.29 is 21.7 Å². The van der Waals surface area contributed by atoms with Crippen LogP contribution >= 0.6 is 11.6 Å². The Kier molecular flexibility index (Phi) is 6.83. The van der Waals surface area contributed by atoms with Gasteiger partial charge in [-0.3, -0.25) is 15.1 Å². The third-order valence-electron chi connectivity index (χ3n) is 5.97. The first-order chi connectivity index (χ1) is 14.3. The van der Waals surface area contributed by atoms with Crippen molar-refractivity contribution in [1.29, 1.82) is 0 Å². The summed E-state index contributed by atoms with van der Waals surface area (Å²) in [6.07, 6.45) is 5.88. The van der Waals surface area contributed by atoms with Crippen molar-refractivity contribution in [2.45, 2.75) is 25.4 Å². The summed E-state index contributed by atoms with van der Waals surface area (Å²) < 4.78 is 0.962. The molecule has 3 saturated heterocycles. The SMILES string of the molecule is NC(=N[C@@H]1C[N+]2(Cc3cccnc3)CCC1CC2)NC(=O)c1nc(Cl)c(N)nc1N.[Cl-]. The summed E-state index contributed by atoms with van der Waals surface area (Å²) in [5, 5.41) is 2.45. The maximum atomic E-state index is 12.5. The van der Waals surface area contributed by atoms with Gasteiger partial charge in [0.25, 0.3) is 5.91 Å². The number of nitrogens with zero attached hydrogens (tertiary/aromatic N) is 5. The average molecular weight is 466 g/mol. The Morgan fingerprint density at radius 3 is 2.68 bits per heavy atom. The summed E-state index contributed by atoms with van der Waals surface area (Å²) in [6.45, 7) is 4.04. The topological polar surface area (TPSA) is 158 Å². The Morgan fingerprint density at radius 2 is 2.00 bits per heavy atom. The van der Waals surface area contributed by atoms with Crippen LogP contribution < -0.4 is 34.9 Å². The lowest BCUT2D eigenvalue weighted by atomic mass is 9.81. The number of aromatic nitrogens is 3. The number of hydrogen-bond acceptors (Lipinski definition) is 7. The summed E-state index contributed by atoms with van der Waals surface area (Å²) in [5.74, 6) is -0.283. The number of nitrogen functional groups attached to an aromatic ring is 2. The van der Waals surface area contributed by atoms with Crippen LogP contribution in [0, 0.1) is 5.92 Å². The molecule has 3 aliphatic rings. The molecule has 0 unspecified atom stereocenters. The van der Waals surface area contributed by atoms with Crippen LogP contribution in [0.4, 0.5) is 11.6 Å². The molecule has 0 aliphatic carbocycles. The second-order valence-corrected chi connectivity index (χ2v) is 8.36. The molecule has 10 nitrogen and oxygen atoms in total. The van der Waals surface area contributed by atoms with Crippen molar-refractivity contribution in [3.05, 3.63) is 40.9 Å². The largest absolute Gasteiger partial charge is 1.00 e. The molecular weight excluding hydrogens is 441 g/mol. The van der Waals surface area contributed by atoms with E-state index in [1.807, 2.05) is 12.3 Å². The third-order valence-corrected chi connectivity index (χ3v) is 6.25. The van der Waals surface area contributed by atoms with Crippen LogP contribution in [0.15, 0.2) is 29.5 Å². The number of piperidine rings is 3. The van der Waals surface area contributed by atoms with Crippen molar-refractivity contribution in [2.24, 2.45) is 16.6 Å². The van der Waals surface area contributed by atoms with E-state index >= 15 is 0 Å². The average Bonchev–Trinajstić information content (AvgIpc) is 2.71. The van der Waals surface area contributed by atoms with E-state index in [0.717, 1.165) is 43.5 Å². The van der Waals surface area contributed by atoms with Crippen molar-refractivity contribution in [3.63, 3.8) is 0 Å². The van der Waals surface area contributed by atoms with Gasteiger partial charge in [-0.1, -0.05) is 17.7 Å². The normalized spacial score (nSPS) is 25.0. The molecule has 0 aromatic carbocycles. The predicted molar refractivity (Wildman–Crippen MR) is 114 cm³/mol. The molecule has 31 heavy (non-hydrogen) atoms. The number of nitrogens with two attached hydrogens (primary N) is 3. The fourth-order valence-electron chi connectivity index (χ4n) is 4.49. The van der Waals surface area contributed by atoms with Gasteiger partial charge in [-0.2, -0.15) is 0 Å². The summed E-state index contributed by atoms with van der Waals surface area (Å²) in [7, 11) is 0. The number of fused-ring (bicyclic) bond motifs is 3. The quantitative estimate of drug-likeness (QED) is 0.221. The van der Waals surface area contributed by atoms with Crippen LogP contribution in [-0.2, 0) is 6.54 Å². The van der Waals surface area contributed by atoms with Crippen LogP contribution in [0.5, 0.6) is 0 Å². The second kappa shape index (κ2) is 9.21. The molecule has 3 fully saturated rings. The maximum absolute atomic E-state index is 12.5. The molecule has 5 rings (SSSR count). The zero-order valence-corrected chi connectivity index (χ0v) is 18.4. The van der Waals surface area contributed by atoms with Gasteiger partial charge in [0.05, 0.1) is 13.1 Å². The number of nitrogens with one attached hydrogen (secondary N) is 1. The number of carbonyl (C=O) groups excluding carboxylic acids is 1. The molecule has 0 radical (unpaired) electrons. The lowest BCUT2D eigenvalue weighted by Gasteiger charge is -2.51. The van der Waals surface area contributed by atoms with E-state index in [-0.39, 0.29) is 46.9 Å². The molecule has 0 spiro atoms. The Balaban J connectivity index is 0.00000272. The Labute approximate surface area is 191 Å². The van der Waals surface area contributed by atoms with Crippen LogP contribution in [-0.4, -0.2) is 57.0 Å². The van der Waals surface area contributed by atoms with E-state index in [1.54, 1.807) is 6.20 Å². The standard InChI is InChI=1S/C19H24ClN9O.ClH/c20-15-17(22)27-16(21)14(26-15)18(30)28-19(23)25-13-10-29(6-3-12(13)4-7-29)9-11-2-1-5-24-8-11;/h1-2,5,8,12-13H,3-4,6-7,9-10H2,(H6-,21,22,23,25,27,28,30);1H/t12?,13-,29?;/m1./s1. The summed E-state index contributed by atoms with van der Waals surface area (Å²) in [6, 6.07) is 4.12. The maximum Gasteiger partial charge on any atom is 0.280 e. The van der Waals surface area contributed by atoms with Crippen molar-refractivity contribution in [2.75, 3.05) is 31.1 Å². The van der Waals surface area contributed by atoms with E-state index in [9.17, 15) is 4.79 Å². The smallest absolute Gasteiger partial charge is 0.280 e.